The van der Waals surface area contributed by atoms with Crippen LogP contribution in [-0.2, 0) is 17.7 Å². The molecule has 2 unspecified atom stereocenters. The minimum absolute atomic E-state index is 0.111. The number of esters is 1. The molecule has 9 heteroatoms. The lowest BCUT2D eigenvalue weighted by Crippen LogP contribution is -2.37. The monoisotopic (exact) mass is 442 g/mol. The summed E-state index contributed by atoms with van der Waals surface area (Å²) >= 11 is 0. The molecule has 0 amide bonds. The van der Waals surface area contributed by atoms with Gasteiger partial charge in [0.25, 0.3) is 0 Å². The third-order valence-corrected chi connectivity index (χ3v) is 6.53. The topological polar surface area (TPSA) is 102 Å². The van der Waals surface area contributed by atoms with E-state index in [9.17, 15) is 4.79 Å². The molecule has 0 fully saturated rings. The molecule has 3 aliphatic heterocycles. The SMILES string of the molecule is COc1ccc2c(c1OC)C(=O)OC2C1c2c(c(CN)c3c(c2OC)OCO3)CCN1C. The quantitative estimate of drug-likeness (QED) is 0.699. The van der Waals surface area contributed by atoms with Crippen molar-refractivity contribution in [3.63, 3.8) is 0 Å². The van der Waals surface area contributed by atoms with E-state index in [1.165, 1.54) is 14.2 Å². The number of ether oxygens (including phenoxy) is 6. The Labute approximate surface area is 185 Å². The van der Waals surface area contributed by atoms with Crippen molar-refractivity contribution in [2.45, 2.75) is 25.1 Å². The predicted molar refractivity (Wildman–Crippen MR) is 114 cm³/mol. The average molecular weight is 442 g/mol. The number of likely N-dealkylation sites (N-methyl/N-ethyl adjacent to an activating group) is 1. The highest BCUT2D eigenvalue weighted by atomic mass is 16.7. The summed E-state index contributed by atoms with van der Waals surface area (Å²) in [7, 11) is 6.66. The van der Waals surface area contributed by atoms with Crippen LogP contribution in [0.4, 0.5) is 0 Å². The molecule has 32 heavy (non-hydrogen) atoms. The largest absolute Gasteiger partial charge is 0.493 e. The molecule has 0 aliphatic carbocycles. The van der Waals surface area contributed by atoms with E-state index in [0.29, 0.717) is 40.9 Å². The van der Waals surface area contributed by atoms with Crippen LogP contribution in [0.5, 0.6) is 28.7 Å². The highest BCUT2D eigenvalue weighted by molar-refractivity contribution is 5.98. The maximum atomic E-state index is 13.0. The van der Waals surface area contributed by atoms with Crippen molar-refractivity contribution in [3.05, 3.63) is 39.9 Å². The van der Waals surface area contributed by atoms with Crippen LogP contribution in [0.1, 0.15) is 44.8 Å². The van der Waals surface area contributed by atoms with Gasteiger partial charge in [0.05, 0.1) is 27.4 Å². The molecule has 2 aromatic rings. The van der Waals surface area contributed by atoms with E-state index in [1.54, 1.807) is 13.2 Å². The second kappa shape index (κ2) is 7.75. The standard InChI is InChI=1S/C23H26N2O7/c1-25-8-7-11-13(9-24)19-22(31-10-30-19)21(29-4)15(11)17(25)18-12-5-6-14(27-2)20(28-3)16(12)23(26)32-18/h5-6,17-18H,7-10,24H2,1-4H3. The van der Waals surface area contributed by atoms with Crippen LogP contribution in [0.3, 0.4) is 0 Å². The van der Waals surface area contributed by atoms with Gasteiger partial charge in [-0.2, -0.15) is 0 Å². The van der Waals surface area contributed by atoms with E-state index >= 15 is 0 Å². The summed E-state index contributed by atoms with van der Waals surface area (Å²) in [6, 6.07) is 3.34. The van der Waals surface area contributed by atoms with Crippen molar-refractivity contribution < 1.29 is 33.2 Å². The van der Waals surface area contributed by atoms with Gasteiger partial charge in [0, 0.05) is 29.8 Å². The number of cyclic esters (lactones) is 1. The van der Waals surface area contributed by atoms with Crippen molar-refractivity contribution in [1.82, 2.24) is 4.90 Å². The molecule has 9 nitrogen and oxygen atoms in total. The lowest BCUT2D eigenvalue weighted by molar-refractivity contribution is 0.00869. The first-order valence-electron chi connectivity index (χ1n) is 10.4. The molecule has 0 spiro atoms. The summed E-state index contributed by atoms with van der Waals surface area (Å²) in [5.74, 6) is 2.18. The lowest BCUT2D eigenvalue weighted by atomic mass is 9.83. The molecule has 2 atom stereocenters. The zero-order valence-corrected chi connectivity index (χ0v) is 18.5. The van der Waals surface area contributed by atoms with E-state index in [0.717, 1.165) is 35.2 Å². The van der Waals surface area contributed by atoms with Crippen molar-refractivity contribution >= 4 is 5.97 Å². The Morgan fingerprint density at radius 2 is 1.84 bits per heavy atom. The number of methoxy groups -OCH3 is 3. The van der Waals surface area contributed by atoms with E-state index in [-0.39, 0.29) is 12.8 Å². The van der Waals surface area contributed by atoms with Crippen molar-refractivity contribution in [2.75, 3.05) is 41.7 Å². The van der Waals surface area contributed by atoms with Crippen LogP contribution >= 0.6 is 0 Å². The van der Waals surface area contributed by atoms with Crippen LogP contribution in [-0.4, -0.2) is 52.6 Å². The maximum Gasteiger partial charge on any atom is 0.343 e. The van der Waals surface area contributed by atoms with Gasteiger partial charge < -0.3 is 34.2 Å². The first kappa shape index (κ1) is 20.7. The molecule has 0 saturated heterocycles. The fraction of sp³-hybridized carbons (Fsp3) is 0.435. The zero-order chi connectivity index (χ0) is 22.6. The van der Waals surface area contributed by atoms with Gasteiger partial charge in [-0.3, -0.25) is 4.90 Å². The Balaban J connectivity index is 1.73. The molecule has 0 saturated carbocycles. The number of benzene rings is 2. The second-order valence-electron chi connectivity index (χ2n) is 7.94. The Morgan fingerprint density at radius 1 is 1.09 bits per heavy atom. The number of hydrogen-bond acceptors (Lipinski definition) is 9. The molecule has 3 heterocycles. The Kier molecular flexibility index (Phi) is 5.02. The van der Waals surface area contributed by atoms with E-state index < -0.39 is 12.1 Å². The van der Waals surface area contributed by atoms with Gasteiger partial charge in [-0.1, -0.05) is 6.07 Å². The minimum atomic E-state index is -0.568. The van der Waals surface area contributed by atoms with Crippen LogP contribution in [0.2, 0.25) is 0 Å². The van der Waals surface area contributed by atoms with Crippen LogP contribution in [0.15, 0.2) is 12.1 Å². The van der Waals surface area contributed by atoms with Crippen molar-refractivity contribution in [2.24, 2.45) is 5.73 Å². The number of nitrogens with zero attached hydrogens (tertiary/aromatic N) is 1. The Bertz CT molecular complexity index is 1100. The number of fused-ring (bicyclic) bond motifs is 3. The molecule has 2 aromatic carbocycles. The molecular formula is C23H26N2O7. The minimum Gasteiger partial charge on any atom is -0.493 e. The highest BCUT2D eigenvalue weighted by Crippen LogP contribution is 2.56. The molecule has 0 radical (unpaired) electrons. The van der Waals surface area contributed by atoms with Gasteiger partial charge in [-0.05, 0) is 25.1 Å². The van der Waals surface area contributed by atoms with E-state index in [1.807, 2.05) is 13.1 Å². The van der Waals surface area contributed by atoms with Crippen LogP contribution in [0, 0.1) is 0 Å². The number of hydrogen-bond donors (Lipinski definition) is 1. The van der Waals surface area contributed by atoms with Gasteiger partial charge in [0.2, 0.25) is 12.5 Å². The average Bonchev–Trinajstić information content (AvgIpc) is 3.41. The van der Waals surface area contributed by atoms with Gasteiger partial charge >= 0.3 is 5.97 Å². The summed E-state index contributed by atoms with van der Waals surface area (Å²) in [5.41, 5.74) is 10.1. The fourth-order valence-corrected chi connectivity index (χ4v) is 5.14. The fourth-order valence-electron chi connectivity index (χ4n) is 5.14. The second-order valence-corrected chi connectivity index (χ2v) is 7.94. The first-order chi connectivity index (χ1) is 15.5. The number of carbonyl (C=O) groups is 1. The molecular weight excluding hydrogens is 416 g/mol. The molecule has 0 aromatic heterocycles. The summed E-state index contributed by atoms with van der Waals surface area (Å²) in [6.07, 6.45) is 0.197. The van der Waals surface area contributed by atoms with Crippen LogP contribution in [0.25, 0.3) is 0 Å². The molecule has 2 N–H and O–H groups in total. The first-order valence-corrected chi connectivity index (χ1v) is 10.4. The number of carbonyl (C=O) groups excluding carboxylic acids is 1. The van der Waals surface area contributed by atoms with E-state index in [2.05, 4.69) is 4.90 Å². The lowest BCUT2D eigenvalue weighted by Gasteiger charge is -2.39. The Morgan fingerprint density at radius 3 is 2.53 bits per heavy atom. The third-order valence-electron chi connectivity index (χ3n) is 6.53. The summed E-state index contributed by atoms with van der Waals surface area (Å²) in [6.45, 7) is 1.17. The van der Waals surface area contributed by atoms with Crippen molar-refractivity contribution in [3.8, 4) is 28.7 Å². The molecule has 170 valence electrons. The normalized spacial score (nSPS) is 21.1. The van der Waals surface area contributed by atoms with Gasteiger partial charge in [-0.15, -0.1) is 0 Å². The smallest absolute Gasteiger partial charge is 0.343 e. The molecule has 5 rings (SSSR count). The maximum absolute atomic E-state index is 13.0. The number of rotatable bonds is 5. The summed E-state index contributed by atoms with van der Waals surface area (Å²) in [5, 5.41) is 0. The highest BCUT2D eigenvalue weighted by Gasteiger charge is 2.47. The molecule has 3 aliphatic rings. The van der Waals surface area contributed by atoms with E-state index in [4.69, 9.17) is 34.2 Å². The number of nitrogens with two attached hydrogens (primary N) is 1. The summed E-state index contributed by atoms with van der Waals surface area (Å²) < 4.78 is 34.2. The zero-order valence-electron chi connectivity index (χ0n) is 18.5. The molecule has 0 bridgehead atoms. The Hall–Kier alpha value is -3.17. The van der Waals surface area contributed by atoms with Gasteiger partial charge in [0.15, 0.2) is 23.0 Å². The predicted octanol–water partition coefficient (Wildman–Crippen LogP) is 2.34. The van der Waals surface area contributed by atoms with Gasteiger partial charge in [0.1, 0.15) is 11.7 Å². The van der Waals surface area contributed by atoms with Crippen molar-refractivity contribution in [1.29, 1.82) is 0 Å². The summed E-state index contributed by atoms with van der Waals surface area (Å²) in [4.78, 5) is 15.1. The van der Waals surface area contributed by atoms with Gasteiger partial charge in [-0.25, -0.2) is 4.79 Å². The van der Waals surface area contributed by atoms with Crippen LogP contribution < -0.4 is 29.4 Å². The third kappa shape index (κ3) is 2.74.